The van der Waals surface area contributed by atoms with Gasteiger partial charge in [-0.1, -0.05) is 0 Å². The molecule has 2 heterocycles. The number of anilines is 1. The lowest BCUT2D eigenvalue weighted by atomic mass is 9.83. The van der Waals surface area contributed by atoms with Crippen molar-refractivity contribution in [1.82, 2.24) is 9.36 Å². The van der Waals surface area contributed by atoms with Crippen LogP contribution in [-0.2, 0) is 11.3 Å². The SMILES string of the molecule is COCc1nsc(N2CCC(C(C)(C)O)CC2)n1. The summed E-state index contributed by atoms with van der Waals surface area (Å²) in [5.74, 6) is 1.13. The molecule has 6 heteroatoms. The molecule has 1 aromatic rings. The minimum Gasteiger partial charge on any atom is -0.390 e. The molecule has 1 aliphatic rings. The maximum atomic E-state index is 10.0. The highest BCUT2D eigenvalue weighted by molar-refractivity contribution is 7.09. The number of rotatable bonds is 4. The molecule has 1 fully saturated rings. The number of aliphatic hydroxyl groups is 1. The molecule has 1 aliphatic heterocycles. The molecule has 0 aliphatic carbocycles. The van der Waals surface area contributed by atoms with Crippen LogP contribution in [0.2, 0.25) is 0 Å². The smallest absolute Gasteiger partial charge is 0.205 e. The summed E-state index contributed by atoms with van der Waals surface area (Å²) < 4.78 is 9.28. The summed E-state index contributed by atoms with van der Waals surface area (Å²) in [6, 6.07) is 0. The van der Waals surface area contributed by atoms with Crippen molar-refractivity contribution >= 4 is 16.7 Å². The van der Waals surface area contributed by atoms with Crippen LogP contribution in [0, 0.1) is 5.92 Å². The quantitative estimate of drug-likeness (QED) is 0.902. The number of methoxy groups -OCH3 is 1. The van der Waals surface area contributed by atoms with E-state index in [1.807, 2.05) is 13.8 Å². The Morgan fingerprint density at radius 2 is 2.11 bits per heavy atom. The molecular weight excluding hydrogens is 250 g/mol. The third-order valence-corrected chi connectivity index (χ3v) is 4.31. The fraction of sp³-hybridized carbons (Fsp3) is 0.833. The highest BCUT2D eigenvalue weighted by atomic mass is 32.1. The predicted molar refractivity (Wildman–Crippen MR) is 71.9 cm³/mol. The van der Waals surface area contributed by atoms with Gasteiger partial charge < -0.3 is 14.7 Å². The van der Waals surface area contributed by atoms with Gasteiger partial charge in [0.1, 0.15) is 6.61 Å². The van der Waals surface area contributed by atoms with Gasteiger partial charge >= 0.3 is 0 Å². The maximum absolute atomic E-state index is 10.0. The first-order valence-electron chi connectivity index (χ1n) is 6.29. The van der Waals surface area contributed by atoms with E-state index in [9.17, 15) is 5.11 Å². The number of aromatic nitrogens is 2. The summed E-state index contributed by atoms with van der Waals surface area (Å²) >= 11 is 1.43. The normalized spacial score (nSPS) is 18.3. The summed E-state index contributed by atoms with van der Waals surface area (Å²) in [4.78, 5) is 6.71. The molecule has 0 unspecified atom stereocenters. The largest absolute Gasteiger partial charge is 0.390 e. The van der Waals surface area contributed by atoms with Gasteiger partial charge in [0.15, 0.2) is 5.82 Å². The van der Waals surface area contributed by atoms with Crippen molar-refractivity contribution in [2.75, 3.05) is 25.1 Å². The molecule has 0 spiro atoms. The van der Waals surface area contributed by atoms with Gasteiger partial charge in [-0.2, -0.15) is 4.37 Å². The fourth-order valence-corrected chi connectivity index (χ4v) is 3.06. The van der Waals surface area contributed by atoms with Gasteiger partial charge in [0.2, 0.25) is 5.13 Å². The van der Waals surface area contributed by atoms with E-state index in [0.717, 1.165) is 36.9 Å². The summed E-state index contributed by atoms with van der Waals surface area (Å²) in [7, 11) is 1.65. The Bertz CT molecular complexity index is 381. The third kappa shape index (κ3) is 3.18. The van der Waals surface area contributed by atoms with Crippen LogP contribution in [0.5, 0.6) is 0 Å². The van der Waals surface area contributed by atoms with Gasteiger partial charge in [0, 0.05) is 31.7 Å². The van der Waals surface area contributed by atoms with Crippen LogP contribution in [0.1, 0.15) is 32.5 Å². The minimum atomic E-state index is -0.575. The molecule has 1 N–H and O–H groups in total. The molecule has 1 aromatic heterocycles. The highest BCUT2D eigenvalue weighted by Crippen LogP contribution is 2.30. The van der Waals surface area contributed by atoms with Crippen LogP contribution in [0.3, 0.4) is 0 Å². The lowest BCUT2D eigenvalue weighted by molar-refractivity contribution is 0.00651. The third-order valence-electron chi connectivity index (χ3n) is 3.50. The molecule has 0 bridgehead atoms. The second-order valence-electron chi connectivity index (χ2n) is 5.34. The molecule has 0 atom stereocenters. The highest BCUT2D eigenvalue weighted by Gasteiger charge is 2.31. The fourth-order valence-electron chi connectivity index (χ4n) is 2.34. The molecule has 2 rings (SSSR count). The van der Waals surface area contributed by atoms with Crippen LogP contribution >= 0.6 is 11.5 Å². The lowest BCUT2D eigenvalue weighted by Crippen LogP contribution is -2.41. The zero-order valence-corrected chi connectivity index (χ0v) is 12.0. The standard InChI is InChI=1S/C12H21N3O2S/c1-12(2,16)9-4-6-15(7-5-9)11-13-10(8-17-3)14-18-11/h9,16H,4-8H2,1-3H3. The summed E-state index contributed by atoms with van der Waals surface area (Å²) in [6.07, 6.45) is 2.01. The van der Waals surface area contributed by atoms with Crippen molar-refractivity contribution in [1.29, 1.82) is 0 Å². The summed E-state index contributed by atoms with van der Waals surface area (Å²) in [5, 5.41) is 11.0. The topological polar surface area (TPSA) is 58.5 Å². The van der Waals surface area contributed by atoms with Crippen LogP contribution in [0.15, 0.2) is 0 Å². The molecule has 1 saturated heterocycles. The second kappa shape index (κ2) is 5.50. The minimum absolute atomic E-state index is 0.375. The van der Waals surface area contributed by atoms with E-state index in [2.05, 4.69) is 14.3 Å². The number of hydrogen-bond acceptors (Lipinski definition) is 6. The monoisotopic (exact) mass is 271 g/mol. The van der Waals surface area contributed by atoms with Gasteiger partial charge in [-0.15, -0.1) is 0 Å². The van der Waals surface area contributed by atoms with E-state index in [1.54, 1.807) is 7.11 Å². The molecule has 0 saturated carbocycles. The van der Waals surface area contributed by atoms with Crippen molar-refractivity contribution in [3.8, 4) is 0 Å². The maximum Gasteiger partial charge on any atom is 0.205 e. The molecule has 18 heavy (non-hydrogen) atoms. The zero-order valence-electron chi connectivity index (χ0n) is 11.2. The van der Waals surface area contributed by atoms with E-state index < -0.39 is 5.60 Å². The average molecular weight is 271 g/mol. The number of hydrogen-bond donors (Lipinski definition) is 1. The Morgan fingerprint density at radius 3 is 2.67 bits per heavy atom. The van der Waals surface area contributed by atoms with E-state index in [-0.39, 0.29) is 0 Å². The molecule has 5 nitrogen and oxygen atoms in total. The van der Waals surface area contributed by atoms with E-state index in [0.29, 0.717) is 12.5 Å². The van der Waals surface area contributed by atoms with Gasteiger partial charge in [-0.05, 0) is 32.6 Å². The molecule has 0 amide bonds. The van der Waals surface area contributed by atoms with Crippen LogP contribution in [0.4, 0.5) is 5.13 Å². The first kappa shape index (κ1) is 13.7. The first-order valence-corrected chi connectivity index (χ1v) is 7.07. The Morgan fingerprint density at radius 1 is 1.44 bits per heavy atom. The van der Waals surface area contributed by atoms with Crippen LogP contribution < -0.4 is 4.90 Å². The Kier molecular flexibility index (Phi) is 4.19. The molecule has 0 radical (unpaired) electrons. The van der Waals surface area contributed by atoms with Gasteiger partial charge in [-0.25, -0.2) is 4.98 Å². The second-order valence-corrected chi connectivity index (χ2v) is 6.07. The molecule has 102 valence electrons. The molecular formula is C12H21N3O2S. The van der Waals surface area contributed by atoms with Crippen molar-refractivity contribution in [2.45, 2.75) is 38.9 Å². The summed E-state index contributed by atoms with van der Waals surface area (Å²) in [6.45, 7) is 6.15. The van der Waals surface area contributed by atoms with Crippen molar-refractivity contribution in [3.63, 3.8) is 0 Å². The Balaban J connectivity index is 1.92. The zero-order chi connectivity index (χ0) is 13.2. The Labute approximate surface area is 112 Å². The summed E-state index contributed by atoms with van der Waals surface area (Å²) in [5.41, 5.74) is -0.575. The van der Waals surface area contributed by atoms with Crippen molar-refractivity contribution in [3.05, 3.63) is 5.82 Å². The van der Waals surface area contributed by atoms with Gasteiger partial charge in [0.25, 0.3) is 0 Å². The van der Waals surface area contributed by atoms with E-state index in [1.165, 1.54) is 11.5 Å². The lowest BCUT2D eigenvalue weighted by Gasteiger charge is -2.37. The van der Waals surface area contributed by atoms with Crippen LogP contribution in [0.25, 0.3) is 0 Å². The van der Waals surface area contributed by atoms with Crippen molar-refractivity contribution in [2.24, 2.45) is 5.92 Å². The van der Waals surface area contributed by atoms with Gasteiger partial charge in [0.05, 0.1) is 5.60 Å². The van der Waals surface area contributed by atoms with Crippen LogP contribution in [-0.4, -0.2) is 40.3 Å². The van der Waals surface area contributed by atoms with Gasteiger partial charge in [-0.3, -0.25) is 0 Å². The molecule has 0 aromatic carbocycles. The number of ether oxygens (including phenoxy) is 1. The predicted octanol–water partition coefficient (Wildman–Crippen LogP) is 1.67. The average Bonchev–Trinajstić information content (AvgIpc) is 2.77. The number of piperidine rings is 1. The van der Waals surface area contributed by atoms with Crippen molar-refractivity contribution < 1.29 is 9.84 Å². The van der Waals surface area contributed by atoms with E-state index >= 15 is 0 Å². The number of nitrogens with zero attached hydrogens (tertiary/aromatic N) is 3. The first-order chi connectivity index (χ1) is 8.50. The van der Waals surface area contributed by atoms with E-state index in [4.69, 9.17) is 4.74 Å². The Hall–Kier alpha value is -0.720.